The van der Waals surface area contributed by atoms with Crippen LogP contribution in [0, 0.1) is 6.92 Å². The Hall–Kier alpha value is -2.35. The van der Waals surface area contributed by atoms with Gasteiger partial charge in [-0.15, -0.1) is 0 Å². The average molecular weight is 415 g/mol. The average Bonchev–Trinajstić information content (AvgIpc) is 3.29. The van der Waals surface area contributed by atoms with Crippen molar-refractivity contribution in [3.63, 3.8) is 0 Å². The minimum atomic E-state index is 0.531. The lowest BCUT2D eigenvalue weighted by molar-refractivity contribution is 0.186. The number of nitrogens with zero attached hydrogens (tertiary/aromatic N) is 4. The summed E-state index contributed by atoms with van der Waals surface area (Å²) >= 11 is 7.66. The summed E-state index contributed by atoms with van der Waals surface area (Å²) in [5.74, 6) is 1.68. The molecule has 0 fully saturated rings. The van der Waals surface area contributed by atoms with Crippen molar-refractivity contribution in [2.75, 3.05) is 13.7 Å². The lowest BCUT2D eigenvalue weighted by Gasteiger charge is -2.07. The first-order valence-corrected chi connectivity index (χ1v) is 10.2. The lowest BCUT2D eigenvalue weighted by atomic mass is 10.1. The molecule has 4 aromatic rings. The molecule has 2 aromatic heterocycles. The summed E-state index contributed by atoms with van der Waals surface area (Å²) in [7, 11) is 1.69. The Morgan fingerprint density at radius 3 is 2.75 bits per heavy atom. The maximum absolute atomic E-state index is 6.11. The van der Waals surface area contributed by atoms with E-state index in [-0.39, 0.29) is 0 Å². The molecule has 0 amide bonds. The smallest absolute Gasteiger partial charge is 0.237 e. The summed E-state index contributed by atoms with van der Waals surface area (Å²) in [6.45, 7) is 3.35. The van der Waals surface area contributed by atoms with Crippen LogP contribution in [0.5, 0.6) is 0 Å². The van der Waals surface area contributed by atoms with Gasteiger partial charge in [0.2, 0.25) is 11.7 Å². The largest absolute Gasteiger partial charge is 0.383 e. The number of aromatic nitrogens is 4. The first-order chi connectivity index (χ1) is 13.6. The molecule has 0 aliphatic heterocycles. The molecule has 0 saturated carbocycles. The molecule has 2 heterocycles. The number of benzene rings is 2. The maximum Gasteiger partial charge on any atom is 0.237 e. The molecule has 144 valence electrons. The van der Waals surface area contributed by atoms with Crippen LogP contribution in [0.3, 0.4) is 0 Å². The number of methoxy groups -OCH3 is 1. The number of fused-ring (bicyclic) bond motifs is 1. The van der Waals surface area contributed by atoms with E-state index in [9.17, 15) is 0 Å². The molecule has 0 aliphatic carbocycles. The number of aryl methyl sites for hydroxylation is 1. The van der Waals surface area contributed by atoms with Gasteiger partial charge in [0.05, 0.1) is 23.4 Å². The van der Waals surface area contributed by atoms with Gasteiger partial charge in [0, 0.05) is 24.2 Å². The molecule has 0 bridgehead atoms. The molecule has 0 N–H and O–H groups in total. The molecule has 2 aromatic carbocycles. The predicted octanol–water partition coefficient (Wildman–Crippen LogP) is 4.99. The first-order valence-electron chi connectivity index (χ1n) is 8.81. The maximum atomic E-state index is 6.11. The van der Waals surface area contributed by atoms with E-state index in [1.54, 1.807) is 18.9 Å². The molecule has 4 rings (SSSR count). The van der Waals surface area contributed by atoms with Crippen LogP contribution in [-0.2, 0) is 17.0 Å². The molecular formula is C20H19ClN4O2S. The first kappa shape index (κ1) is 19.0. The van der Waals surface area contributed by atoms with E-state index in [1.165, 1.54) is 5.56 Å². The van der Waals surface area contributed by atoms with Crippen molar-refractivity contribution in [3.05, 3.63) is 58.9 Å². The van der Waals surface area contributed by atoms with Crippen LogP contribution < -0.4 is 0 Å². The lowest BCUT2D eigenvalue weighted by Crippen LogP contribution is -2.05. The summed E-state index contributed by atoms with van der Waals surface area (Å²) in [6, 6.07) is 13.8. The fourth-order valence-electron chi connectivity index (χ4n) is 2.85. The summed E-state index contributed by atoms with van der Waals surface area (Å²) in [5, 5.41) is 5.62. The predicted molar refractivity (Wildman–Crippen MR) is 111 cm³/mol. The molecular weight excluding hydrogens is 396 g/mol. The van der Waals surface area contributed by atoms with Gasteiger partial charge in [-0.3, -0.25) is 0 Å². The third-order valence-electron chi connectivity index (χ3n) is 4.30. The molecule has 0 saturated heterocycles. The van der Waals surface area contributed by atoms with Crippen LogP contribution in [0.1, 0.15) is 11.5 Å². The van der Waals surface area contributed by atoms with Crippen LogP contribution in [-0.4, -0.2) is 33.4 Å². The minimum absolute atomic E-state index is 0.531. The van der Waals surface area contributed by atoms with Gasteiger partial charge in [0.15, 0.2) is 5.16 Å². The number of thioether (sulfide) groups is 1. The standard InChI is InChI=1S/C20H19ClN4O2S/c1-13-3-5-14(6-4-13)19-23-18(27-24-19)12-28-20-22-16-11-15(21)7-8-17(16)25(20)9-10-26-2/h3-8,11H,9-10,12H2,1-2H3. The van der Waals surface area contributed by atoms with Crippen LogP contribution in [0.2, 0.25) is 5.02 Å². The second-order valence-electron chi connectivity index (χ2n) is 6.34. The van der Waals surface area contributed by atoms with Crippen LogP contribution in [0.25, 0.3) is 22.4 Å². The van der Waals surface area contributed by atoms with Gasteiger partial charge in [0.1, 0.15) is 0 Å². The summed E-state index contributed by atoms with van der Waals surface area (Å²) in [6.07, 6.45) is 0. The Morgan fingerprint density at radius 1 is 1.14 bits per heavy atom. The molecule has 0 spiro atoms. The number of rotatable bonds is 7. The van der Waals surface area contributed by atoms with Gasteiger partial charge < -0.3 is 13.8 Å². The highest BCUT2D eigenvalue weighted by molar-refractivity contribution is 7.98. The molecule has 0 aliphatic rings. The molecule has 8 heteroatoms. The van der Waals surface area contributed by atoms with Gasteiger partial charge in [0.25, 0.3) is 0 Å². The molecule has 0 atom stereocenters. The zero-order valence-electron chi connectivity index (χ0n) is 15.6. The number of halogens is 1. The van der Waals surface area contributed by atoms with E-state index in [1.807, 2.05) is 49.4 Å². The third-order valence-corrected chi connectivity index (χ3v) is 5.49. The topological polar surface area (TPSA) is 66.0 Å². The van der Waals surface area contributed by atoms with E-state index < -0.39 is 0 Å². The Balaban J connectivity index is 1.54. The Labute approximate surface area is 171 Å². The van der Waals surface area contributed by atoms with Crippen molar-refractivity contribution in [2.45, 2.75) is 24.4 Å². The zero-order chi connectivity index (χ0) is 19.5. The second-order valence-corrected chi connectivity index (χ2v) is 7.72. The van der Waals surface area contributed by atoms with Crippen molar-refractivity contribution < 1.29 is 9.26 Å². The fraction of sp³-hybridized carbons (Fsp3) is 0.250. The second kappa shape index (κ2) is 8.34. The van der Waals surface area contributed by atoms with Gasteiger partial charge in [-0.1, -0.05) is 58.3 Å². The number of imidazole rings is 1. The Bertz CT molecular complexity index is 1090. The highest BCUT2D eigenvalue weighted by atomic mass is 35.5. The number of ether oxygens (including phenoxy) is 1. The van der Waals surface area contributed by atoms with E-state index in [0.717, 1.165) is 21.8 Å². The summed E-state index contributed by atoms with van der Waals surface area (Å²) < 4.78 is 12.8. The summed E-state index contributed by atoms with van der Waals surface area (Å²) in [4.78, 5) is 9.22. The Morgan fingerprint density at radius 2 is 1.96 bits per heavy atom. The summed E-state index contributed by atoms with van der Waals surface area (Å²) in [5.41, 5.74) is 4.01. The van der Waals surface area contributed by atoms with E-state index in [4.69, 9.17) is 25.8 Å². The molecule has 0 radical (unpaired) electrons. The van der Waals surface area contributed by atoms with Crippen molar-refractivity contribution in [1.29, 1.82) is 0 Å². The molecule has 6 nitrogen and oxygen atoms in total. The van der Waals surface area contributed by atoms with Gasteiger partial charge in [-0.25, -0.2) is 4.98 Å². The van der Waals surface area contributed by atoms with Crippen molar-refractivity contribution in [2.24, 2.45) is 0 Å². The number of hydrogen-bond acceptors (Lipinski definition) is 6. The van der Waals surface area contributed by atoms with Crippen molar-refractivity contribution >= 4 is 34.4 Å². The van der Waals surface area contributed by atoms with E-state index in [2.05, 4.69) is 14.7 Å². The van der Waals surface area contributed by atoms with Crippen molar-refractivity contribution in [3.8, 4) is 11.4 Å². The van der Waals surface area contributed by atoms with Crippen molar-refractivity contribution in [1.82, 2.24) is 19.7 Å². The molecule has 0 unspecified atom stereocenters. The zero-order valence-corrected chi connectivity index (χ0v) is 17.1. The monoisotopic (exact) mass is 414 g/mol. The van der Waals surface area contributed by atoms with Gasteiger partial charge >= 0.3 is 0 Å². The highest BCUT2D eigenvalue weighted by Crippen LogP contribution is 2.28. The van der Waals surface area contributed by atoms with Crippen LogP contribution in [0.4, 0.5) is 0 Å². The third kappa shape index (κ3) is 4.06. The van der Waals surface area contributed by atoms with E-state index in [0.29, 0.717) is 35.6 Å². The van der Waals surface area contributed by atoms with E-state index >= 15 is 0 Å². The number of hydrogen-bond donors (Lipinski definition) is 0. The van der Waals surface area contributed by atoms with Crippen LogP contribution >= 0.6 is 23.4 Å². The van der Waals surface area contributed by atoms with Gasteiger partial charge in [-0.05, 0) is 25.1 Å². The SMILES string of the molecule is COCCn1c(SCc2nc(-c3ccc(C)cc3)no2)nc2cc(Cl)ccc21. The Kier molecular flexibility index (Phi) is 5.66. The minimum Gasteiger partial charge on any atom is -0.383 e. The van der Waals surface area contributed by atoms with Gasteiger partial charge in [-0.2, -0.15) is 4.98 Å². The molecule has 28 heavy (non-hydrogen) atoms. The normalized spacial score (nSPS) is 11.4. The fourth-order valence-corrected chi connectivity index (χ4v) is 3.89. The van der Waals surface area contributed by atoms with Crippen LogP contribution in [0.15, 0.2) is 52.1 Å². The quantitative estimate of drug-likeness (QED) is 0.397. The highest BCUT2D eigenvalue weighted by Gasteiger charge is 2.14.